The second-order valence-electron chi connectivity index (χ2n) is 7.44. The van der Waals surface area contributed by atoms with Crippen molar-refractivity contribution >= 4 is 28.8 Å². The summed E-state index contributed by atoms with van der Waals surface area (Å²) in [5.74, 6) is -0.961. The van der Waals surface area contributed by atoms with Crippen LogP contribution in [-0.4, -0.2) is 11.8 Å². The van der Waals surface area contributed by atoms with E-state index in [0.717, 1.165) is 4.90 Å². The lowest BCUT2D eigenvalue weighted by molar-refractivity contribution is -0.120. The number of amides is 2. The predicted octanol–water partition coefficient (Wildman–Crippen LogP) is 5.35. The smallest absolute Gasteiger partial charge is 0.282 e. The molecule has 3 aromatic carbocycles. The van der Waals surface area contributed by atoms with E-state index in [1.54, 1.807) is 12.1 Å². The summed E-state index contributed by atoms with van der Waals surface area (Å²) in [6, 6.07) is 22.1. The van der Waals surface area contributed by atoms with Crippen LogP contribution in [-0.2, 0) is 9.59 Å². The van der Waals surface area contributed by atoms with E-state index in [9.17, 15) is 14.0 Å². The minimum atomic E-state index is -0.474. The summed E-state index contributed by atoms with van der Waals surface area (Å²) < 4.78 is 13.4. The van der Waals surface area contributed by atoms with Crippen molar-refractivity contribution in [3.8, 4) is 0 Å². The van der Waals surface area contributed by atoms with Crippen LogP contribution in [0.1, 0.15) is 30.9 Å². The number of imide groups is 1. The van der Waals surface area contributed by atoms with Crippen molar-refractivity contribution in [3.63, 3.8) is 0 Å². The Labute approximate surface area is 174 Å². The number of nitrogens with zero attached hydrogens (tertiary/aromatic N) is 1. The monoisotopic (exact) mass is 400 g/mol. The number of hydrogen-bond donors (Lipinski definition) is 1. The Morgan fingerprint density at radius 3 is 2.03 bits per heavy atom. The van der Waals surface area contributed by atoms with E-state index < -0.39 is 17.6 Å². The number of hydrogen-bond acceptors (Lipinski definition) is 3. The Morgan fingerprint density at radius 1 is 0.800 bits per heavy atom. The molecule has 0 aromatic heterocycles. The van der Waals surface area contributed by atoms with Crippen molar-refractivity contribution in [2.45, 2.75) is 19.8 Å². The third kappa shape index (κ3) is 3.62. The molecular weight excluding hydrogens is 379 g/mol. The van der Waals surface area contributed by atoms with Gasteiger partial charge in [-0.2, -0.15) is 0 Å². The predicted molar refractivity (Wildman–Crippen MR) is 116 cm³/mol. The van der Waals surface area contributed by atoms with Crippen molar-refractivity contribution in [2.75, 3.05) is 10.2 Å². The van der Waals surface area contributed by atoms with Crippen LogP contribution < -0.4 is 10.2 Å². The summed E-state index contributed by atoms with van der Waals surface area (Å²) in [5.41, 5.74) is 3.35. The second-order valence-corrected chi connectivity index (χ2v) is 7.44. The maximum atomic E-state index is 13.4. The molecule has 4 rings (SSSR count). The van der Waals surface area contributed by atoms with E-state index in [1.807, 2.05) is 42.5 Å². The van der Waals surface area contributed by atoms with Gasteiger partial charge in [-0.3, -0.25) is 9.59 Å². The van der Waals surface area contributed by atoms with Gasteiger partial charge < -0.3 is 5.32 Å². The fraction of sp³-hybridized carbons (Fsp3) is 0.120. The lowest BCUT2D eigenvalue weighted by Crippen LogP contribution is -2.32. The van der Waals surface area contributed by atoms with Crippen molar-refractivity contribution < 1.29 is 14.0 Å². The van der Waals surface area contributed by atoms with Crippen LogP contribution in [0.3, 0.4) is 0 Å². The highest BCUT2D eigenvalue weighted by molar-refractivity contribution is 6.46. The van der Waals surface area contributed by atoms with Crippen LogP contribution >= 0.6 is 0 Å². The average Bonchev–Trinajstić information content (AvgIpc) is 2.99. The minimum Gasteiger partial charge on any atom is -0.350 e. The third-order valence-electron chi connectivity index (χ3n) is 5.08. The molecule has 0 radical (unpaired) electrons. The Bertz CT molecular complexity index is 1120. The van der Waals surface area contributed by atoms with Gasteiger partial charge in [0, 0.05) is 5.69 Å². The Hall–Kier alpha value is -3.73. The van der Waals surface area contributed by atoms with E-state index in [-0.39, 0.29) is 11.3 Å². The first-order valence-electron chi connectivity index (χ1n) is 9.76. The van der Waals surface area contributed by atoms with Crippen LogP contribution in [0.25, 0.3) is 5.57 Å². The molecule has 0 fully saturated rings. The summed E-state index contributed by atoms with van der Waals surface area (Å²) in [6.07, 6.45) is 0. The normalized spacial score (nSPS) is 14.1. The highest BCUT2D eigenvalue weighted by Crippen LogP contribution is 2.34. The maximum absolute atomic E-state index is 13.4. The maximum Gasteiger partial charge on any atom is 0.282 e. The van der Waals surface area contributed by atoms with Crippen molar-refractivity contribution in [3.05, 3.63) is 102 Å². The van der Waals surface area contributed by atoms with Gasteiger partial charge >= 0.3 is 0 Å². The number of anilines is 2. The van der Waals surface area contributed by atoms with E-state index in [1.165, 1.54) is 29.8 Å². The van der Waals surface area contributed by atoms with Gasteiger partial charge in [0.2, 0.25) is 0 Å². The van der Waals surface area contributed by atoms with Gasteiger partial charge in [0.05, 0.1) is 11.3 Å². The fourth-order valence-electron chi connectivity index (χ4n) is 3.44. The highest BCUT2D eigenvalue weighted by atomic mass is 19.1. The van der Waals surface area contributed by atoms with Crippen molar-refractivity contribution in [1.29, 1.82) is 0 Å². The largest absolute Gasteiger partial charge is 0.350 e. The number of carbonyl (C=O) groups excluding carboxylic acids is 2. The zero-order valence-electron chi connectivity index (χ0n) is 16.7. The quantitative estimate of drug-likeness (QED) is 0.588. The van der Waals surface area contributed by atoms with Gasteiger partial charge in [-0.05, 0) is 53.4 Å². The van der Waals surface area contributed by atoms with E-state index in [0.29, 0.717) is 22.9 Å². The van der Waals surface area contributed by atoms with Gasteiger partial charge in [0.25, 0.3) is 11.8 Å². The van der Waals surface area contributed by atoms with E-state index in [4.69, 9.17) is 0 Å². The van der Waals surface area contributed by atoms with Gasteiger partial charge in [0.1, 0.15) is 11.5 Å². The Morgan fingerprint density at radius 2 is 1.43 bits per heavy atom. The summed E-state index contributed by atoms with van der Waals surface area (Å²) in [4.78, 5) is 27.6. The molecule has 3 aromatic rings. The Balaban J connectivity index is 1.76. The summed E-state index contributed by atoms with van der Waals surface area (Å²) in [7, 11) is 0. The van der Waals surface area contributed by atoms with Crippen molar-refractivity contribution in [1.82, 2.24) is 0 Å². The molecule has 1 heterocycles. The second kappa shape index (κ2) is 7.95. The molecule has 0 spiro atoms. The summed E-state index contributed by atoms with van der Waals surface area (Å²) in [6.45, 7) is 4.22. The van der Waals surface area contributed by atoms with E-state index >= 15 is 0 Å². The molecule has 1 aliphatic rings. The molecule has 1 aliphatic heterocycles. The van der Waals surface area contributed by atoms with Crippen LogP contribution in [0.4, 0.5) is 15.8 Å². The van der Waals surface area contributed by atoms with Gasteiger partial charge in [-0.25, -0.2) is 9.29 Å². The van der Waals surface area contributed by atoms with Gasteiger partial charge in [-0.1, -0.05) is 56.3 Å². The topological polar surface area (TPSA) is 49.4 Å². The Kier molecular flexibility index (Phi) is 5.19. The molecule has 0 atom stereocenters. The molecule has 2 amide bonds. The van der Waals surface area contributed by atoms with E-state index in [2.05, 4.69) is 19.2 Å². The van der Waals surface area contributed by atoms with Gasteiger partial charge in [0.15, 0.2) is 0 Å². The molecule has 0 aliphatic carbocycles. The number of carbonyl (C=O) groups is 2. The fourth-order valence-corrected chi connectivity index (χ4v) is 3.44. The number of benzene rings is 3. The summed E-state index contributed by atoms with van der Waals surface area (Å²) >= 11 is 0. The van der Waals surface area contributed by atoms with Crippen LogP contribution in [0, 0.1) is 5.82 Å². The number of nitrogens with one attached hydrogen (secondary N) is 1. The van der Waals surface area contributed by atoms with Crippen LogP contribution in [0.2, 0.25) is 0 Å². The molecule has 0 saturated carbocycles. The summed E-state index contributed by atoms with van der Waals surface area (Å²) in [5, 5.41) is 3.14. The minimum absolute atomic E-state index is 0.202. The van der Waals surface area contributed by atoms with Crippen molar-refractivity contribution in [2.24, 2.45) is 0 Å². The van der Waals surface area contributed by atoms with Gasteiger partial charge in [-0.15, -0.1) is 0 Å². The molecule has 150 valence electrons. The number of halogens is 1. The molecule has 30 heavy (non-hydrogen) atoms. The zero-order valence-corrected chi connectivity index (χ0v) is 16.7. The molecule has 0 bridgehead atoms. The molecule has 0 unspecified atom stereocenters. The average molecular weight is 400 g/mol. The number of rotatable bonds is 5. The first kappa shape index (κ1) is 19.6. The van der Waals surface area contributed by atoms with Crippen LogP contribution in [0.5, 0.6) is 0 Å². The lowest BCUT2D eigenvalue weighted by atomic mass is 10.0. The van der Waals surface area contributed by atoms with Crippen LogP contribution in [0.15, 0.2) is 84.6 Å². The standard InChI is InChI=1S/C25H21FN2O2/c1-16(2)17-8-12-20(13-9-17)27-23-22(18-6-4-3-5-7-18)24(29)28(25(23)30)21-14-10-19(26)11-15-21/h3-16,27H,1-2H3. The third-order valence-corrected chi connectivity index (χ3v) is 5.08. The first-order valence-corrected chi connectivity index (χ1v) is 9.76. The highest BCUT2D eigenvalue weighted by Gasteiger charge is 2.40. The molecular formula is C25H21FN2O2. The SMILES string of the molecule is CC(C)c1ccc(NC2=C(c3ccccc3)C(=O)N(c3ccc(F)cc3)C2=O)cc1. The first-order chi connectivity index (χ1) is 14.5. The molecule has 5 heteroatoms. The molecule has 4 nitrogen and oxygen atoms in total. The molecule has 1 N–H and O–H groups in total. The lowest BCUT2D eigenvalue weighted by Gasteiger charge is -2.15. The molecule has 0 saturated heterocycles. The zero-order chi connectivity index (χ0) is 21.3.